The number of rotatable bonds is 5. The first-order valence-electron chi connectivity index (χ1n) is 10.9. The smallest absolute Gasteiger partial charge is 0.410 e. The minimum atomic E-state index is -0.506. The number of carbonyl (C=O) groups is 2. The third-order valence-corrected chi connectivity index (χ3v) is 4.88. The van der Waals surface area contributed by atoms with Crippen molar-refractivity contribution >= 4 is 12.1 Å². The molecule has 5 nitrogen and oxygen atoms in total. The van der Waals surface area contributed by atoms with E-state index in [-0.39, 0.29) is 12.1 Å². The van der Waals surface area contributed by atoms with E-state index >= 15 is 0 Å². The Kier molecular flexibility index (Phi) is 8.10. The quantitative estimate of drug-likeness (QED) is 0.452. The van der Waals surface area contributed by atoms with Gasteiger partial charge in [-0.25, -0.2) is 9.59 Å². The molecule has 1 aromatic rings. The molecule has 0 atom stereocenters. The molecule has 1 saturated heterocycles. The van der Waals surface area contributed by atoms with E-state index in [0.717, 1.165) is 37.9 Å². The fraction of sp³-hybridized carbons (Fsp3) is 0.600. The van der Waals surface area contributed by atoms with Crippen molar-refractivity contribution in [1.82, 2.24) is 4.90 Å². The molecule has 0 N–H and O–H groups in total. The van der Waals surface area contributed by atoms with E-state index < -0.39 is 11.2 Å². The van der Waals surface area contributed by atoms with Crippen LogP contribution >= 0.6 is 0 Å². The second kappa shape index (κ2) is 10.1. The lowest BCUT2D eigenvalue weighted by molar-refractivity contribution is 0.00673. The summed E-state index contributed by atoms with van der Waals surface area (Å²) >= 11 is 0. The summed E-state index contributed by atoms with van der Waals surface area (Å²) in [5.74, 6) is 0.294. The van der Waals surface area contributed by atoms with Gasteiger partial charge in [0, 0.05) is 13.1 Å². The van der Waals surface area contributed by atoms with Gasteiger partial charge in [-0.3, -0.25) is 0 Å². The lowest BCUT2D eigenvalue weighted by Crippen LogP contribution is -2.41. The maximum Gasteiger partial charge on any atom is 0.410 e. The van der Waals surface area contributed by atoms with Crippen LogP contribution in [0.1, 0.15) is 76.7 Å². The molecular weight excluding hydrogens is 378 g/mol. The molecule has 0 aromatic heterocycles. The number of nitrogens with zero attached hydrogens (tertiary/aromatic N) is 1. The average molecular weight is 416 g/mol. The number of amides is 1. The van der Waals surface area contributed by atoms with Crippen molar-refractivity contribution in [2.75, 3.05) is 13.1 Å². The van der Waals surface area contributed by atoms with Crippen LogP contribution in [0.3, 0.4) is 0 Å². The third-order valence-electron chi connectivity index (χ3n) is 4.88. The van der Waals surface area contributed by atoms with Gasteiger partial charge in [-0.15, -0.1) is 0 Å². The van der Waals surface area contributed by atoms with Gasteiger partial charge in [-0.1, -0.05) is 30.4 Å². The van der Waals surface area contributed by atoms with Crippen LogP contribution in [0.15, 0.2) is 36.4 Å². The Balaban J connectivity index is 1.82. The standard InChI is InChI=1S/C25H37NO4/c1-24(2,3)29-22(27)21-14-10-9-13-20(21)12-8-7-11-19-15-17-26(18-16-19)23(28)30-25(4,5)6/h7-10,13-14,19H,11-12,15-18H2,1-6H3. The van der Waals surface area contributed by atoms with Crippen molar-refractivity contribution in [2.24, 2.45) is 5.92 Å². The molecule has 0 radical (unpaired) electrons. The highest BCUT2D eigenvalue weighted by Gasteiger charge is 2.26. The van der Waals surface area contributed by atoms with E-state index in [1.54, 1.807) is 0 Å². The first-order chi connectivity index (χ1) is 13.9. The van der Waals surface area contributed by atoms with E-state index in [1.165, 1.54) is 0 Å². The van der Waals surface area contributed by atoms with Crippen LogP contribution < -0.4 is 0 Å². The number of esters is 1. The van der Waals surface area contributed by atoms with Crippen molar-refractivity contribution in [3.63, 3.8) is 0 Å². The average Bonchev–Trinajstić information content (AvgIpc) is 2.63. The van der Waals surface area contributed by atoms with E-state index in [2.05, 4.69) is 12.2 Å². The lowest BCUT2D eigenvalue weighted by atomic mass is 9.93. The molecular formula is C25H37NO4. The number of hydrogen-bond donors (Lipinski definition) is 0. The number of likely N-dealkylation sites (tertiary alicyclic amines) is 1. The Morgan fingerprint density at radius 1 is 0.967 bits per heavy atom. The van der Waals surface area contributed by atoms with Crippen LogP contribution in [0.5, 0.6) is 0 Å². The Morgan fingerprint density at radius 3 is 2.17 bits per heavy atom. The fourth-order valence-corrected chi connectivity index (χ4v) is 3.41. The van der Waals surface area contributed by atoms with Crippen LogP contribution in [0.25, 0.3) is 0 Å². The first kappa shape index (κ1) is 24.0. The summed E-state index contributed by atoms with van der Waals surface area (Å²) in [4.78, 5) is 26.4. The van der Waals surface area contributed by atoms with Crippen LogP contribution in [-0.2, 0) is 15.9 Å². The summed E-state index contributed by atoms with van der Waals surface area (Å²) in [5, 5.41) is 0. The molecule has 1 amide bonds. The molecule has 0 unspecified atom stereocenters. The maximum atomic E-state index is 12.4. The van der Waals surface area contributed by atoms with Crippen molar-refractivity contribution in [3.05, 3.63) is 47.5 Å². The van der Waals surface area contributed by atoms with Crippen molar-refractivity contribution < 1.29 is 19.1 Å². The highest BCUT2D eigenvalue weighted by Crippen LogP contribution is 2.23. The maximum absolute atomic E-state index is 12.4. The Bertz CT molecular complexity index is 747. The van der Waals surface area contributed by atoms with Gasteiger partial charge in [-0.05, 0) is 84.8 Å². The van der Waals surface area contributed by atoms with Crippen LogP contribution in [0.4, 0.5) is 4.79 Å². The number of ether oxygens (including phenoxy) is 2. The number of allylic oxidation sites excluding steroid dienone is 2. The van der Waals surface area contributed by atoms with Crippen LogP contribution in [0, 0.1) is 5.92 Å². The minimum Gasteiger partial charge on any atom is -0.456 e. The monoisotopic (exact) mass is 415 g/mol. The normalized spacial score (nSPS) is 16.0. The SMILES string of the molecule is CC(C)(C)OC(=O)c1ccccc1CC=CCC1CCN(C(=O)OC(C)(C)C)CC1. The van der Waals surface area contributed by atoms with Gasteiger partial charge in [-0.2, -0.15) is 0 Å². The summed E-state index contributed by atoms with van der Waals surface area (Å²) < 4.78 is 11.0. The number of piperidine rings is 1. The van der Waals surface area contributed by atoms with E-state index in [1.807, 2.05) is 70.7 Å². The number of hydrogen-bond acceptors (Lipinski definition) is 4. The van der Waals surface area contributed by atoms with Crippen molar-refractivity contribution in [1.29, 1.82) is 0 Å². The zero-order valence-electron chi connectivity index (χ0n) is 19.4. The molecule has 1 fully saturated rings. The molecule has 1 aliphatic heterocycles. The first-order valence-corrected chi connectivity index (χ1v) is 10.9. The van der Waals surface area contributed by atoms with Crippen LogP contribution in [-0.4, -0.2) is 41.3 Å². The molecule has 0 spiro atoms. The zero-order chi connectivity index (χ0) is 22.4. The Hall–Kier alpha value is -2.30. The van der Waals surface area contributed by atoms with E-state index in [9.17, 15) is 9.59 Å². The molecule has 0 saturated carbocycles. The molecule has 2 rings (SSSR count). The lowest BCUT2D eigenvalue weighted by Gasteiger charge is -2.33. The second-order valence-electron chi connectivity index (χ2n) is 9.98. The summed E-state index contributed by atoms with van der Waals surface area (Å²) in [6.45, 7) is 12.8. The van der Waals surface area contributed by atoms with E-state index in [0.29, 0.717) is 17.9 Å². The van der Waals surface area contributed by atoms with Gasteiger partial charge in [0.05, 0.1) is 5.56 Å². The Morgan fingerprint density at radius 2 is 1.57 bits per heavy atom. The molecule has 166 valence electrons. The molecule has 0 aliphatic carbocycles. The predicted octanol–water partition coefficient (Wildman–Crippen LogP) is 5.78. The molecule has 1 aliphatic rings. The third kappa shape index (κ3) is 8.21. The van der Waals surface area contributed by atoms with E-state index in [4.69, 9.17) is 9.47 Å². The summed E-state index contributed by atoms with van der Waals surface area (Å²) in [6, 6.07) is 7.61. The fourth-order valence-electron chi connectivity index (χ4n) is 3.41. The second-order valence-corrected chi connectivity index (χ2v) is 9.98. The predicted molar refractivity (Wildman–Crippen MR) is 120 cm³/mol. The summed E-state index contributed by atoms with van der Waals surface area (Å²) in [6.07, 6.45) is 7.76. The minimum absolute atomic E-state index is 0.213. The van der Waals surface area contributed by atoms with Crippen molar-refractivity contribution in [3.8, 4) is 0 Å². The molecule has 5 heteroatoms. The zero-order valence-corrected chi connectivity index (χ0v) is 19.4. The molecule has 30 heavy (non-hydrogen) atoms. The largest absolute Gasteiger partial charge is 0.456 e. The number of benzene rings is 1. The van der Waals surface area contributed by atoms with Gasteiger partial charge < -0.3 is 14.4 Å². The topological polar surface area (TPSA) is 55.8 Å². The van der Waals surface area contributed by atoms with Crippen LogP contribution in [0.2, 0.25) is 0 Å². The van der Waals surface area contributed by atoms with Crippen molar-refractivity contribution in [2.45, 2.75) is 78.4 Å². The van der Waals surface area contributed by atoms with Gasteiger partial charge in [0.25, 0.3) is 0 Å². The van der Waals surface area contributed by atoms with Gasteiger partial charge >= 0.3 is 12.1 Å². The van der Waals surface area contributed by atoms with Gasteiger partial charge in [0.1, 0.15) is 11.2 Å². The summed E-state index contributed by atoms with van der Waals surface area (Å²) in [7, 11) is 0. The molecule has 1 heterocycles. The van der Waals surface area contributed by atoms with Gasteiger partial charge in [0.15, 0.2) is 0 Å². The number of carbonyl (C=O) groups excluding carboxylic acids is 2. The highest BCUT2D eigenvalue weighted by molar-refractivity contribution is 5.91. The summed E-state index contributed by atoms with van der Waals surface area (Å²) in [5.41, 5.74) is 0.644. The molecule has 1 aromatic carbocycles. The Labute approximate surface area is 181 Å². The molecule has 0 bridgehead atoms. The van der Waals surface area contributed by atoms with Gasteiger partial charge in [0.2, 0.25) is 0 Å². The highest BCUT2D eigenvalue weighted by atomic mass is 16.6.